The number of carbonyl (C=O) groups excluding carboxylic acids is 2. The van der Waals surface area contributed by atoms with Crippen LogP contribution in [0.15, 0.2) is 12.3 Å². The number of pyridine rings is 1. The lowest BCUT2D eigenvalue weighted by atomic mass is 9.78. The molecule has 2 saturated carbocycles. The number of fused-ring (bicyclic) bond motifs is 2. The van der Waals surface area contributed by atoms with E-state index in [-0.39, 0.29) is 56.3 Å². The molecule has 3 N–H and O–H groups in total. The summed E-state index contributed by atoms with van der Waals surface area (Å²) in [5.41, 5.74) is -0.228. The minimum absolute atomic E-state index is 0.0398. The number of thiazole rings is 1. The zero-order chi connectivity index (χ0) is 25.9. The molecule has 2 aliphatic heterocycles. The fourth-order valence-corrected chi connectivity index (χ4v) is 7.11. The van der Waals surface area contributed by atoms with Crippen LogP contribution in [0.1, 0.15) is 97.0 Å². The van der Waals surface area contributed by atoms with E-state index in [0.29, 0.717) is 18.7 Å². The molecule has 2 saturated heterocycles. The van der Waals surface area contributed by atoms with Crippen molar-refractivity contribution in [2.24, 2.45) is 0 Å². The zero-order valence-electron chi connectivity index (χ0n) is 20.7. The molecule has 198 valence electrons. The van der Waals surface area contributed by atoms with Gasteiger partial charge in [-0.3, -0.25) is 9.59 Å². The fourth-order valence-electron chi connectivity index (χ4n) is 6.12. The van der Waals surface area contributed by atoms with E-state index >= 15 is 0 Å². The molecular weight excluding hydrogens is 500 g/mol. The maximum Gasteiger partial charge on any atom is 0.280 e. The van der Waals surface area contributed by atoms with Crippen LogP contribution >= 0.6 is 11.3 Å². The summed E-state index contributed by atoms with van der Waals surface area (Å²) in [5, 5.41) is 15.7. The Hall–Kier alpha value is -2.66. The Morgan fingerprint density at radius 2 is 1.86 bits per heavy atom. The number of nitrogens with zero attached hydrogens (tertiary/aromatic N) is 3. The zero-order valence-corrected chi connectivity index (χ0v) is 21.5. The quantitative estimate of drug-likeness (QED) is 0.485. The number of alkyl halides is 2. The topological polar surface area (TPSA) is 107 Å². The number of aliphatic hydroxyl groups excluding tert-OH is 1. The van der Waals surface area contributed by atoms with Gasteiger partial charge in [0.05, 0.1) is 11.0 Å². The van der Waals surface area contributed by atoms with Crippen molar-refractivity contribution in [3.05, 3.63) is 28.5 Å². The maximum absolute atomic E-state index is 14.3. The second kappa shape index (κ2) is 9.27. The lowest BCUT2D eigenvalue weighted by molar-refractivity contribution is 0.0562. The second-order valence-electron chi connectivity index (χ2n) is 11.2. The van der Waals surface area contributed by atoms with Gasteiger partial charge in [0.1, 0.15) is 11.5 Å². The van der Waals surface area contributed by atoms with Crippen molar-refractivity contribution >= 4 is 29.0 Å². The molecule has 2 aromatic rings. The highest BCUT2D eigenvalue weighted by Gasteiger charge is 2.44. The number of anilines is 1. The molecular formula is C26H31F2N5O3S. The van der Waals surface area contributed by atoms with Crippen molar-refractivity contribution in [3.63, 3.8) is 0 Å². The van der Waals surface area contributed by atoms with Crippen LogP contribution in [-0.2, 0) is 0 Å². The van der Waals surface area contributed by atoms with Gasteiger partial charge >= 0.3 is 0 Å². The van der Waals surface area contributed by atoms with Gasteiger partial charge < -0.3 is 20.6 Å². The molecule has 0 spiro atoms. The van der Waals surface area contributed by atoms with Gasteiger partial charge in [0, 0.05) is 41.0 Å². The van der Waals surface area contributed by atoms with Gasteiger partial charge in [0.2, 0.25) is 0 Å². The van der Waals surface area contributed by atoms with Crippen molar-refractivity contribution in [2.45, 2.75) is 101 Å². The minimum atomic E-state index is -2.80. The van der Waals surface area contributed by atoms with E-state index in [4.69, 9.17) is 0 Å². The lowest BCUT2D eigenvalue weighted by Crippen LogP contribution is -2.46. The normalized spacial score (nSPS) is 27.6. The highest BCUT2D eigenvalue weighted by Crippen LogP contribution is 2.43. The Kier molecular flexibility index (Phi) is 6.18. The standard InChI is InChI=1S/C26H31F2N5O3S/c1-26(7-2-8-26)32-19-11-17(22(27)28)18(12-29-19)21-20(25(36)33-14-3-4-15(33)6-5-14)31-24(37-21)23(35)30-13-9-16(34)10-13/h11-16,22,34H,2-10H2,1H3,(H,29,32)(H,30,35). The molecule has 2 aromatic heterocycles. The van der Waals surface area contributed by atoms with Gasteiger partial charge in [0.25, 0.3) is 18.2 Å². The second-order valence-corrected chi connectivity index (χ2v) is 12.2. The number of nitrogens with one attached hydrogen (secondary N) is 2. The van der Waals surface area contributed by atoms with Crippen molar-refractivity contribution in [1.82, 2.24) is 20.2 Å². The van der Waals surface area contributed by atoms with E-state index in [2.05, 4.69) is 20.6 Å². The van der Waals surface area contributed by atoms with Gasteiger partial charge in [0.15, 0.2) is 5.01 Å². The molecule has 2 amide bonds. The van der Waals surface area contributed by atoms with E-state index in [1.807, 2.05) is 11.8 Å². The third-order valence-corrected chi connectivity index (χ3v) is 9.55. The van der Waals surface area contributed by atoms with Crippen LogP contribution in [0.4, 0.5) is 14.6 Å². The maximum atomic E-state index is 14.3. The van der Waals surface area contributed by atoms with Crippen molar-refractivity contribution in [1.29, 1.82) is 0 Å². The average molecular weight is 532 g/mol. The molecule has 2 aliphatic carbocycles. The Morgan fingerprint density at radius 3 is 2.43 bits per heavy atom. The number of aliphatic hydroxyl groups is 1. The van der Waals surface area contributed by atoms with Gasteiger partial charge in [-0.05, 0) is 70.8 Å². The summed E-state index contributed by atoms with van der Waals surface area (Å²) < 4.78 is 28.7. The van der Waals surface area contributed by atoms with E-state index in [0.717, 1.165) is 56.3 Å². The van der Waals surface area contributed by atoms with Crippen LogP contribution in [0.3, 0.4) is 0 Å². The number of carbonyl (C=O) groups is 2. The molecule has 0 aromatic carbocycles. The summed E-state index contributed by atoms with van der Waals surface area (Å²) in [6, 6.07) is 1.44. The first-order valence-corrected chi connectivity index (χ1v) is 13.9. The van der Waals surface area contributed by atoms with Crippen molar-refractivity contribution in [2.75, 3.05) is 5.32 Å². The first-order chi connectivity index (χ1) is 17.7. The summed E-state index contributed by atoms with van der Waals surface area (Å²) in [5.74, 6) is -0.397. The third-order valence-electron chi connectivity index (χ3n) is 8.46. The molecule has 0 atom stereocenters. The van der Waals surface area contributed by atoms with Gasteiger partial charge in [-0.1, -0.05) is 0 Å². The molecule has 6 rings (SSSR count). The Bertz CT molecular complexity index is 1210. The van der Waals surface area contributed by atoms with Crippen LogP contribution in [-0.4, -0.2) is 61.6 Å². The molecule has 11 heteroatoms. The first kappa shape index (κ1) is 24.7. The summed E-state index contributed by atoms with van der Waals surface area (Å²) in [6.45, 7) is 2.05. The monoisotopic (exact) mass is 531 g/mol. The SMILES string of the molecule is CC1(Nc2cc(C(F)F)c(-c3sc(C(=O)NC4CC(O)C4)nc3C(=O)N3C4CCC3CC4)cn2)CCC1. The molecule has 0 radical (unpaired) electrons. The number of aromatic nitrogens is 2. The molecule has 4 heterocycles. The largest absolute Gasteiger partial charge is 0.393 e. The van der Waals surface area contributed by atoms with E-state index in [1.165, 1.54) is 12.3 Å². The first-order valence-electron chi connectivity index (χ1n) is 13.1. The van der Waals surface area contributed by atoms with E-state index in [1.54, 1.807) is 0 Å². The van der Waals surface area contributed by atoms with Gasteiger partial charge in [-0.2, -0.15) is 0 Å². The fraction of sp³-hybridized carbons (Fsp3) is 0.615. The summed E-state index contributed by atoms with van der Waals surface area (Å²) >= 11 is 0.947. The van der Waals surface area contributed by atoms with E-state index in [9.17, 15) is 23.5 Å². The highest BCUT2D eigenvalue weighted by molar-refractivity contribution is 7.17. The lowest BCUT2D eigenvalue weighted by Gasteiger charge is -2.39. The molecule has 0 unspecified atom stereocenters. The average Bonchev–Trinajstić information content (AvgIpc) is 3.56. The number of hydrogen-bond acceptors (Lipinski definition) is 7. The van der Waals surface area contributed by atoms with Crippen LogP contribution in [0.2, 0.25) is 0 Å². The van der Waals surface area contributed by atoms with Crippen molar-refractivity contribution < 1.29 is 23.5 Å². The summed E-state index contributed by atoms with van der Waals surface area (Å²) in [4.78, 5) is 37.6. The van der Waals surface area contributed by atoms with Crippen LogP contribution < -0.4 is 10.6 Å². The Balaban J connectivity index is 1.37. The summed E-state index contributed by atoms with van der Waals surface area (Å²) in [6.07, 6.45) is 5.74. The number of rotatable bonds is 7. The Labute approximate surface area is 217 Å². The smallest absolute Gasteiger partial charge is 0.280 e. The van der Waals surface area contributed by atoms with Crippen LogP contribution in [0, 0.1) is 0 Å². The molecule has 4 fully saturated rings. The number of halogens is 2. The molecule has 37 heavy (non-hydrogen) atoms. The molecule has 2 bridgehead atoms. The van der Waals surface area contributed by atoms with Crippen LogP contribution in [0.5, 0.6) is 0 Å². The third kappa shape index (κ3) is 4.50. The number of amides is 2. The number of hydrogen-bond donors (Lipinski definition) is 3. The van der Waals surface area contributed by atoms with Crippen molar-refractivity contribution in [3.8, 4) is 10.4 Å². The predicted octanol–water partition coefficient (Wildman–Crippen LogP) is 4.52. The Morgan fingerprint density at radius 1 is 1.19 bits per heavy atom. The highest BCUT2D eigenvalue weighted by atomic mass is 32.1. The van der Waals surface area contributed by atoms with E-state index < -0.39 is 18.4 Å². The van der Waals surface area contributed by atoms with Crippen LogP contribution in [0.25, 0.3) is 10.4 Å². The minimum Gasteiger partial charge on any atom is -0.393 e. The van der Waals surface area contributed by atoms with Gasteiger partial charge in [-0.15, -0.1) is 11.3 Å². The molecule has 4 aliphatic rings. The summed E-state index contributed by atoms with van der Waals surface area (Å²) in [7, 11) is 0. The predicted molar refractivity (Wildman–Crippen MR) is 135 cm³/mol. The van der Waals surface area contributed by atoms with Gasteiger partial charge in [-0.25, -0.2) is 18.7 Å². The molecule has 8 nitrogen and oxygen atoms in total.